The Bertz CT molecular complexity index is 741. The first-order valence-electron chi connectivity index (χ1n) is 6.53. The van der Waals surface area contributed by atoms with Gasteiger partial charge in [-0.1, -0.05) is 18.2 Å². The lowest BCUT2D eigenvalue weighted by Gasteiger charge is -2.09. The number of phenolic OH excluding ortho intramolecular Hbond substituents is 1. The highest BCUT2D eigenvalue weighted by Crippen LogP contribution is 2.25. The number of anilines is 1. The lowest BCUT2D eigenvalue weighted by Crippen LogP contribution is -1.99. The maximum atomic E-state index is 9.49. The third-order valence-electron chi connectivity index (χ3n) is 3.18. The molecule has 0 aliphatic rings. The maximum Gasteiger partial charge on any atom is 0.129 e. The van der Waals surface area contributed by atoms with Crippen molar-refractivity contribution in [3.63, 3.8) is 0 Å². The van der Waals surface area contributed by atoms with Gasteiger partial charge in [-0.3, -0.25) is 5.10 Å². The van der Waals surface area contributed by atoms with Crippen molar-refractivity contribution in [2.75, 3.05) is 5.32 Å². The first kappa shape index (κ1) is 13.7. The standard InChI is InChI=1S/C16H14BrN3O/c17-14-8-11(4-5-16(14)21)10-18-13-3-1-2-12(9-13)15-6-7-19-20-15/h1-9,18,21H,10H2,(H,19,20). The summed E-state index contributed by atoms with van der Waals surface area (Å²) in [6.45, 7) is 0.686. The predicted molar refractivity (Wildman–Crippen MR) is 87.2 cm³/mol. The number of phenols is 1. The predicted octanol–water partition coefficient (Wildman–Crippen LogP) is 4.16. The third kappa shape index (κ3) is 3.25. The first-order chi connectivity index (χ1) is 10.2. The van der Waals surface area contributed by atoms with E-state index in [2.05, 4.69) is 37.5 Å². The van der Waals surface area contributed by atoms with E-state index in [-0.39, 0.29) is 5.75 Å². The van der Waals surface area contributed by atoms with Gasteiger partial charge in [0.25, 0.3) is 0 Å². The SMILES string of the molecule is Oc1ccc(CNc2cccc(-c3ccn[nH]3)c2)cc1Br. The number of benzene rings is 2. The second kappa shape index (κ2) is 6.01. The minimum atomic E-state index is 0.250. The van der Waals surface area contributed by atoms with E-state index in [0.29, 0.717) is 11.0 Å². The topological polar surface area (TPSA) is 60.9 Å². The quantitative estimate of drug-likeness (QED) is 0.666. The lowest BCUT2D eigenvalue weighted by molar-refractivity contribution is 0.471. The Labute approximate surface area is 131 Å². The van der Waals surface area contributed by atoms with Gasteiger partial charge in [0, 0.05) is 24.0 Å². The van der Waals surface area contributed by atoms with Crippen LogP contribution in [-0.2, 0) is 6.54 Å². The van der Waals surface area contributed by atoms with Gasteiger partial charge in [0.1, 0.15) is 5.75 Å². The summed E-state index contributed by atoms with van der Waals surface area (Å²) in [4.78, 5) is 0. The van der Waals surface area contributed by atoms with E-state index in [1.165, 1.54) is 0 Å². The van der Waals surface area contributed by atoms with Crippen LogP contribution in [0, 0.1) is 0 Å². The summed E-state index contributed by atoms with van der Waals surface area (Å²) < 4.78 is 0.702. The minimum Gasteiger partial charge on any atom is -0.507 e. The fourth-order valence-electron chi connectivity index (χ4n) is 2.08. The number of nitrogens with one attached hydrogen (secondary N) is 2. The number of aromatic nitrogens is 2. The average molecular weight is 344 g/mol. The van der Waals surface area contributed by atoms with Crippen LogP contribution in [0.4, 0.5) is 5.69 Å². The zero-order valence-electron chi connectivity index (χ0n) is 11.2. The zero-order chi connectivity index (χ0) is 14.7. The molecule has 3 aromatic rings. The van der Waals surface area contributed by atoms with Gasteiger partial charge in [-0.15, -0.1) is 0 Å². The number of H-pyrrole nitrogens is 1. The lowest BCUT2D eigenvalue weighted by atomic mass is 10.1. The van der Waals surface area contributed by atoms with Crippen LogP contribution in [0.15, 0.2) is 59.2 Å². The Kier molecular flexibility index (Phi) is 3.92. The largest absolute Gasteiger partial charge is 0.507 e. The van der Waals surface area contributed by atoms with E-state index < -0.39 is 0 Å². The molecule has 0 atom stereocenters. The van der Waals surface area contributed by atoms with Crippen molar-refractivity contribution in [1.29, 1.82) is 0 Å². The van der Waals surface area contributed by atoms with Gasteiger partial charge in [0.05, 0.1) is 10.2 Å². The molecular weight excluding hydrogens is 330 g/mol. The highest BCUT2D eigenvalue weighted by atomic mass is 79.9. The van der Waals surface area contributed by atoms with Crippen LogP contribution in [0.3, 0.4) is 0 Å². The van der Waals surface area contributed by atoms with E-state index >= 15 is 0 Å². The van der Waals surface area contributed by atoms with Gasteiger partial charge in [-0.2, -0.15) is 5.10 Å². The number of hydrogen-bond acceptors (Lipinski definition) is 3. The van der Waals surface area contributed by atoms with Crippen molar-refractivity contribution >= 4 is 21.6 Å². The molecule has 21 heavy (non-hydrogen) atoms. The molecule has 0 unspecified atom stereocenters. The van der Waals surface area contributed by atoms with Crippen LogP contribution in [0.5, 0.6) is 5.75 Å². The van der Waals surface area contributed by atoms with Crippen molar-refractivity contribution < 1.29 is 5.11 Å². The first-order valence-corrected chi connectivity index (χ1v) is 7.33. The van der Waals surface area contributed by atoms with Crippen LogP contribution in [0.2, 0.25) is 0 Å². The van der Waals surface area contributed by atoms with E-state index in [1.807, 2.05) is 36.4 Å². The smallest absolute Gasteiger partial charge is 0.129 e. The molecular formula is C16H14BrN3O. The van der Waals surface area contributed by atoms with E-state index in [9.17, 15) is 5.11 Å². The molecule has 1 aromatic heterocycles. The second-order valence-corrected chi connectivity index (χ2v) is 5.54. The number of nitrogens with zero attached hydrogens (tertiary/aromatic N) is 1. The molecule has 0 amide bonds. The van der Waals surface area contributed by atoms with Gasteiger partial charge in [-0.05, 0) is 51.8 Å². The highest BCUT2D eigenvalue weighted by Gasteiger charge is 2.02. The number of hydrogen-bond donors (Lipinski definition) is 3. The summed E-state index contributed by atoms with van der Waals surface area (Å²) in [6, 6.07) is 15.6. The molecule has 1 heterocycles. The molecule has 5 heteroatoms. The third-order valence-corrected chi connectivity index (χ3v) is 3.82. The summed E-state index contributed by atoms with van der Waals surface area (Å²) in [6.07, 6.45) is 1.74. The van der Waals surface area contributed by atoms with Crippen LogP contribution >= 0.6 is 15.9 Å². The molecule has 0 bridgehead atoms. The Morgan fingerprint density at radius 1 is 1.14 bits per heavy atom. The molecule has 0 fully saturated rings. The molecule has 3 rings (SSSR count). The van der Waals surface area contributed by atoms with Crippen molar-refractivity contribution in [1.82, 2.24) is 10.2 Å². The van der Waals surface area contributed by atoms with Crippen LogP contribution in [0.25, 0.3) is 11.3 Å². The summed E-state index contributed by atoms with van der Waals surface area (Å²) in [5.41, 5.74) is 4.20. The van der Waals surface area contributed by atoms with E-state index in [0.717, 1.165) is 22.5 Å². The maximum absolute atomic E-state index is 9.49. The Hall–Kier alpha value is -2.27. The molecule has 0 spiro atoms. The van der Waals surface area contributed by atoms with E-state index in [1.54, 1.807) is 12.3 Å². The number of aromatic hydroxyl groups is 1. The summed E-state index contributed by atoms with van der Waals surface area (Å²) >= 11 is 3.32. The molecule has 0 radical (unpaired) electrons. The van der Waals surface area contributed by atoms with Crippen molar-refractivity contribution in [3.05, 3.63) is 64.8 Å². The Morgan fingerprint density at radius 3 is 2.81 bits per heavy atom. The molecule has 0 aliphatic heterocycles. The van der Waals surface area contributed by atoms with Gasteiger partial charge in [0.15, 0.2) is 0 Å². The number of aromatic amines is 1. The summed E-state index contributed by atoms with van der Waals surface area (Å²) in [5.74, 6) is 0.250. The molecule has 106 valence electrons. The molecule has 4 nitrogen and oxygen atoms in total. The monoisotopic (exact) mass is 343 g/mol. The fourth-order valence-corrected chi connectivity index (χ4v) is 2.50. The average Bonchev–Trinajstić information content (AvgIpc) is 3.03. The molecule has 3 N–H and O–H groups in total. The summed E-state index contributed by atoms with van der Waals surface area (Å²) in [5, 5.41) is 19.8. The van der Waals surface area contributed by atoms with Gasteiger partial charge in [0.2, 0.25) is 0 Å². The highest BCUT2D eigenvalue weighted by molar-refractivity contribution is 9.10. The second-order valence-electron chi connectivity index (χ2n) is 4.69. The van der Waals surface area contributed by atoms with Crippen molar-refractivity contribution in [2.45, 2.75) is 6.54 Å². The van der Waals surface area contributed by atoms with Crippen molar-refractivity contribution in [2.24, 2.45) is 0 Å². The molecule has 0 aliphatic carbocycles. The molecule has 0 saturated carbocycles. The van der Waals surface area contributed by atoms with Gasteiger partial charge in [-0.25, -0.2) is 0 Å². The normalized spacial score (nSPS) is 10.5. The molecule has 2 aromatic carbocycles. The molecule has 0 saturated heterocycles. The number of rotatable bonds is 4. The Morgan fingerprint density at radius 2 is 2.05 bits per heavy atom. The van der Waals surface area contributed by atoms with Gasteiger partial charge < -0.3 is 10.4 Å². The Balaban J connectivity index is 1.73. The van der Waals surface area contributed by atoms with Crippen molar-refractivity contribution in [3.8, 4) is 17.0 Å². The van der Waals surface area contributed by atoms with Crippen LogP contribution < -0.4 is 5.32 Å². The van der Waals surface area contributed by atoms with E-state index in [4.69, 9.17) is 0 Å². The summed E-state index contributed by atoms with van der Waals surface area (Å²) in [7, 11) is 0. The zero-order valence-corrected chi connectivity index (χ0v) is 12.8. The fraction of sp³-hybridized carbons (Fsp3) is 0.0625. The number of halogens is 1. The van der Waals surface area contributed by atoms with Crippen LogP contribution in [-0.4, -0.2) is 15.3 Å². The van der Waals surface area contributed by atoms with Gasteiger partial charge >= 0.3 is 0 Å². The van der Waals surface area contributed by atoms with Crippen LogP contribution in [0.1, 0.15) is 5.56 Å². The minimum absolute atomic E-state index is 0.250.